The van der Waals surface area contributed by atoms with Crippen LogP contribution in [0.5, 0.6) is 5.75 Å². The lowest BCUT2D eigenvalue weighted by atomic mass is 9.96. The number of nitrogens with one attached hydrogen (secondary N) is 1. The molecule has 0 unspecified atom stereocenters. The van der Waals surface area contributed by atoms with Crippen molar-refractivity contribution in [3.05, 3.63) is 65.4 Å². The first-order valence-corrected chi connectivity index (χ1v) is 8.63. The van der Waals surface area contributed by atoms with E-state index in [0.29, 0.717) is 25.5 Å². The van der Waals surface area contributed by atoms with Crippen LogP contribution in [0.15, 0.2) is 53.1 Å². The molecule has 4 rings (SSSR count). The van der Waals surface area contributed by atoms with Crippen molar-refractivity contribution in [1.82, 2.24) is 5.32 Å². The summed E-state index contributed by atoms with van der Waals surface area (Å²) in [6.07, 6.45) is 2.95. The number of amides is 1. The molecule has 4 heteroatoms. The number of carbonyl (C=O) groups is 1. The molecule has 25 heavy (non-hydrogen) atoms. The molecule has 1 aromatic heterocycles. The van der Waals surface area contributed by atoms with Crippen molar-refractivity contribution in [1.29, 1.82) is 0 Å². The van der Waals surface area contributed by atoms with E-state index in [9.17, 15) is 4.79 Å². The molecule has 1 aliphatic rings. The Balaban J connectivity index is 1.35. The summed E-state index contributed by atoms with van der Waals surface area (Å²) in [7, 11) is 0. The Morgan fingerprint density at radius 1 is 1.24 bits per heavy atom. The highest BCUT2D eigenvalue weighted by Gasteiger charge is 2.20. The Hall–Kier alpha value is -2.75. The van der Waals surface area contributed by atoms with Gasteiger partial charge in [-0.1, -0.05) is 30.3 Å². The van der Waals surface area contributed by atoms with E-state index in [4.69, 9.17) is 9.15 Å². The van der Waals surface area contributed by atoms with E-state index in [-0.39, 0.29) is 5.91 Å². The van der Waals surface area contributed by atoms with Crippen molar-refractivity contribution in [2.45, 2.75) is 19.8 Å². The van der Waals surface area contributed by atoms with Gasteiger partial charge in [-0.2, -0.15) is 0 Å². The Bertz CT molecular complexity index is 912. The van der Waals surface area contributed by atoms with Gasteiger partial charge in [0.2, 0.25) is 5.91 Å². The summed E-state index contributed by atoms with van der Waals surface area (Å²) in [5.74, 6) is 1.29. The van der Waals surface area contributed by atoms with Crippen LogP contribution in [-0.4, -0.2) is 19.1 Å². The minimum absolute atomic E-state index is 0.0159. The summed E-state index contributed by atoms with van der Waals surface area (Å²) in [5, 5.41) is 4.05. The van der Waals surface area contributed by atoms with Crippen molar-refractivity contribution >= 4 is 16.9 Å². The van der Waals surface area contributed by atoms with Gasteiger partial charge in [-0.05, 0) is 36.6 Å². The zero-order valence-corrected chi connectivity index (χ0v) is 14.2. The van der Waals surface area contributed by atoms with Gasteiger partial charge in [0.1, 0.15) is 11.3 Å². The Morgan fingerprint density at radius 3 is 3.04 bits per heavy atom. The standard InChI is InChI=1S/C21H21NO3/c1-14-6-7-18-17(13-25-20(18)8-14)10-21(23)22-11-15-9-16-4-2-3-5-19(16)24-12-15/h2-8,13,15H,9-12H2,1H3,(H,22,23)/t15-/m0/s1. The van der Waals surface area contributed by atoms with Crippen LogP contribution in [0.25, 0.3) is 11.0 Å². The van der Waals surface area contributed by atoms with E-state index in [2.05, 4.69) is 11.4 Å². The van der Waals surface area contributed by atoms with Gasteiger partial charge in [-0.3, -0.25) is 4.79 Å². The number of para-hydroxylation sites is 1. The van der Waals surface area contributed by atoms with E-state index in [1.165, 1.54) is 5.56 Å². The smallest absolute Gasteiger partial charge is 0.224 e. The number of benzene rings is 2. The van der Waals surface area contributed by atoms with Crippen molar-refractivity contribution in [3.63, 3.8) is 0 Å². The highest BCUT2D eigenvalue weighted by Crippen LogP contribution is 2.26. The largest absolute Gasteiger partial charge is 0.493 e. The Kier molecular flexibility index (Phi) is 4.18. The lowest BCUT2D eigenvalue weighted by molar-refractivity contribution is -0.120. The van der Waals surface area contributed by atoms with Gasteiger partial charge < -0.3 is 14.5 Å². The third-order valence-corrected chi connectivity index (χ3v) is 4.71. The molecule has 0 saturated heterocycles. The zero-order chi connectivity index (χ0) is 17.2. The molecule has 1 amide bonds. The van der Waals surface area contributed by atoms with Crippen LogP contribution < -0.4 is 10.1 Å². The molecule has 0 aliphatic carbocycles. The number of carbonyl (C=O) groups excluding carboxylic acids is 1. The van der Waals surface area contributed by atoms with Gasteiger partial charge >= 0.3 is 0 Å². The molecule has 1 atom stereocenters. The zero-order valence-electron chi connectivity index (χ0n) is 14.2. The van der Waals surface area contributed by atoms with Crippen LogP contribution in [0.4, 0.5) is 0 Å². The quantitative estimate of drug-likeness (QED) is 0.792. The molecule has 2 heterocycles. The van der Waals surface area contributed by atoms with E-state index < -0.39 is 0 Å². The Labute approximate surface area is 146 Å². The summed E-state index contributed by atoms with van der Waals surface area (Å²) in [5.41, 5.74) is 4.12. The minimum atomic E-state index is 0.0159. The number of fused-ring (bicyclic) bond motifs is 2. The third kappa shape index (κ3) is 3.38. The second kappa shape index (κ2) is 6.63. The molecule has 1 aliphatic heterocycles. The summed E-state index contributed by atoms with van der Waals surface area (Å²) in [4.78, 5) is 12.3. The highest BCUT2D eigenvalue weighted by atomic mass is 16.5. The monoisotopic (exact) mass is 335 g/mol. The topological polar surface area (TPSA) is 51.5 Å². The predicted molar refractivity (Wildman–Crippen MR) is 96.8 cm³/mol. The number of hydrogen-bond acceptors (Lipinski definition) is 3. The van der Waals surface area contributed by atoms with E-state index in [1.807, 2.05) is 43.3 Å². The lowest BCUT2D eigenvalue weighted by Gasteiger charge is -2.25. The summed E-state index contributed by atoms with van der Waals surface area (Å²) in [6.45, 7) is 3.30. The van der Waals surface area contributed by atoms with E-state index in [0.717, 1.165) is 34.3 Å². The lowest BCUT2D eigenvalue weighted by Crippen LogP contribution is -2.35. The Morgan fingerprint density at radius 2 is 2.12 bits per heavy atom. The molecule has 1 N–H and O–H groups in total. The molecule has 0 spiro atoms. The van der Waals surface area contributed by atoms with Crippen LogP contribution >= 0.6 is 0 Å². The van der Waals surface area contributed by atoms with Crippen molar-refractivity contribution < 1.29 is 13.9 Å². The van der Waals surface area contributed by atoms with Gasteiger partial charge in [0.25, 0.3) is 0 Å². The molecular formula is C21H21NO3. The fraction of sp³-hybridized carbons (Fsp3) is 0.286. The number of aryl methyl sites for hydroxylation is 1. The third-order valence-electron chi connectivity index (χ3n) is 4.71. The van der Waals surface area contributed by atoms with Crippen molar-refractivity contribution in [2.75, 3.05) is 13.2 Å². The van der Waals surface area contributed by atoms with Crippen LogP contribution in [0, 0.1) is 12.8 Å². The van der Waals surface area contributed by atoms with Crippen LogP contribution in [0.1, 0.15) is 16.7 Å². The predicted octanol–water partition coefficient (Wildman–Crippen LogP) is 3.65. The first-order valence-electron chi connectivity index (χ1n) is 8.63. The van der Waals surface area contributed by atoms with Gasteiger partial charge in [0.05, 0.1) is 19.3 Å². The molecule has 4 nitrogen and oxygen atoms in total. The molecule has 0 fully saturated rings. The maximum atomic E-state index is 12.3. The normalized spacial score (nSPS) is 16.3. The molecular weight excluding hydrogens is 314 g/mol. The van der Waals surface area contributed by atoms with Gasteiger partial charge in [-0.25, -0.2) is 0 Å². The second-order valence-corrected chi connectivity index (χ2v) is 6.73. The summed E-state index contributed by atoms with van der Waals surface area (Å²) >= 11 is 0. The van der Waals surface area contributed by atoms with E-state index >= 15 is 0 Å². The average Bonchev–Trinajstić information content (AvgIpc) is 3.01. The van der Waals surface area contributed by atoms with Crippen LogP contribution in [0.2, 0.25) is 0 Å². The first kappa shape index (κ1) is 15.8. The summed E-state index contributed by atoms with van der Waals surface area (Å²) < 4.78 is 11.3. The number of hydrogen-bond donors (Lipinski definition) is 1. The number of ether oxygens (including phenoxy) is 1. The SMILES string of the molecule is Cc1ccc2c(CC(=O)NC[C@H]3COc4ccccc4C3)coc2c1. The van der Waals surface area contributed by atoms with Gasteiger partial charge in [0, 0.05) is 23.4 Å². The fourth-order valence-electron chi connectivity index (χ4n) is 3.34. The van der Waals surface area contributed by atoms with Crippen molar-refractivity contribution in [2.24, 2.45) is 5.92 Å². The van der Waals surface area contributed by atoms with Gasteiger partial charge in [0.15, 0.2) is 0 Å². The van der Waals surface area contributed by atoms with Crippen LogP contribution in [-0.2, 0) is 17.6 Å². The fourth-order valence-corrected chi connectivity index (χ4v) is 3.34. The highest BCUT2D eigenvalue weighted by molar-refractivity contribution is 5.87. The van der Waals surface area contributed by atoms with Crippen LogP contribution in [0.3, 0.4) is 0 Å². The first-order chi connectivity index (χ1) is 12.2. The maximum absolute atomic E-state index is 12.3. The summed E-state index contributed by atoms with van der Waals surface area (Å²) in [6, 6.07) is 14.1. The molecule has 3 aromatic rings. The molecule has 128 valence electrons. The molecule has 0 radical (unpaired) electrons. The molecule has 2 aromatic carbocycles. The molecule has 0 saturated carbocycles. The van der Waals surface area contributed by atoms with E-state index in [1.54, 1.807) is 6.26 Å². The van der Waals surface area contributed by atoms with Gasteiger partial charge in [-0.15, -0.1) is 0 Å². The minimum Gasteiger partial charge on any atom is -0.493 e. The number of furan rings is 1. The molecule has 0 bridgehead atoms. The average molecular weight is 335 g/mol. The second-order valence-electron chi connectivity index (χ2n) is 6.73. The number of rotatable bonds is 4. The van der Waals surface area contributed by atoms with Crippen molar-refractivity contribution in [3.8, 4) is 5.75 Å². The maximum Gasteiger partial charge on any atom is 0.224 e.